The van der Waals surface area contributed by atoms with Crippen molar-refractivity contribution in [3.8, 4) is 0 Å². The lowest BCUT2D eigenvalue weighted by Gasteiger charge is -2.33. The number of rotatable bonds is 6. The molecule has 2 aromatic heterocycles. The third-order valence-corrected chi connectivity index (χ3v) is 10.1. The molecule has 2 aliphatic rings. The second kappa shape index (κ2) is 11.8. The minimum absolute atomic E-state index is 0.190. The van der Waals surface area contributed by atoms with Crippen LogP contribution in [-0.2, 0) is 32.4 Å². The second-order valence-electron chi connectivity index (χ2n) is 13.9. The number of nitrogens with one attached hydrogen (secondary N) is 1. The van der Waals surface area contributed by atoms with Crippen molar-refractivity contribution in [1.82, 2.24) is 9.97 Å². The van der Waals surface area contributed by atoms with Gasteiger partial charge in [-0.1, -0.05) is 56.4 Å². The number of aromatic nitrogens is 2. The predicted molar refractivity (Wildman–Crippen MR) is 183 cm³/mol. The Hall–Kier alpha value is -3.80. The van der Waals surface area contributed by atoms with E-state index in [0.717, 1.165) is 33.3 Å². The van der Waals surface area contributed by atoms with Crippen LogP contribution in [0, 0.1) is 0 Å². The molecule has 0 unspecified atom stereocenters. The van der Waals surface area contributed by atoms with Crippen molar-refractivity contribution < 1.29 is 23.6 Å². The lowest BCUT2D eigenvalue weighted by molar-refractivity contribution is 0.00578. The Bertz CT molecular complexity index is 1780. The van der Waals surface area contributed by atoms with Gasteiger partial charge in [-0.05, 0) is 87.4 Å². The normalized spacial score (nSPS) is 17.2. The van der Waals surface area contributed by atoms with E-state index in [1.54, 1.807) is 6.92 Å². The number of ether oxygens (including phenoxy) is 1. The van der Waals surface area contributed by atoms with E-state index in [0.29, 0.717) is 35.1 Å². The molecular formula is C35H41BN4O5S. The summed E-state index contributed by atoms with van der Waals surface area (Å²) in [4.78, 5) is 38.9. The van der Waals surface area contributed by atoms with Crippen molar-refractivity contribution >= 4 is 57.0 Å². The number of carbonyl (C=O) groups excluding carboxylic acids is 2. The summed E-state index contributed by atoms with van der Waals surface area (Å²) in [6.45, 7) is 17.4. The molecule has 4 aromatic rings. The van der Waals surface area contributed by atoms with E-state index >= 15 is 0 Å². The molecule has 1 amide bonds. The van der Waals surface area contributed by atoms with Gasteiger partial charge in [0, 0.05) is 24.1 Å². The maximum Gasteiger partial charge on any atom is 0.497 e. The van der Waals surface area contributed by atoms with E-state index < -0.39 is 24.3 Å². The predicted octanol–water partition coefficient (Wildman–Crippen LogP) is 6.28. The van der Waals surface area contributed by atoms with Crippen LogP contribution in [0.5, 0.6) is 0 Å². The molecule has 1 saturated heterocycles. The number of fused-ring (bicyclic) bond motifs is 2. The minimum Gasteiger partial charge on any atom is -0.461 e. The molecule has 1 fully saturated rings. The van der Waals surface area contributed by atoms with Crippen LogP contribution < -0.4 is 15.7 Å². The quantitative estimate of drug-likeness (QED) is 0.194. The summed E-state index contributed by atoms with van der Waals surface area (Å²) in [5.41, 5.74) is 3.59. The van der Waals surface area contributed by atoms with Crippen LogP contribution in [0.25, 0.3) is 10.2 Å². The Morgan fingerprint density at radius 3 is 2.43 bits per heavy atom. The molecule has 0 spiro atoms. The first-order valence-corrected chi connectivity index (χ1v) is 16.6. The van der Waals surface area contributed by atoms with Crippen molar-refractivity contribution in [1.29, 1.82) is 0 Å². The van der Waals surface area contributed by atoms with E-state index in [1.165, 1.54) is 11.3 Å². The van der Waals surface area contributed by atoms with Gasteiger partial charge in [0.2, 0.25) is 0 Å². The summed E-state index contributed by atoms with van der Waals surface area (Å²) in [7, 11) is -0.792. The summed E-state index contributed by atoms with van der Waals surface area (Å²) in [6, 6.07) is 15.7. The van der Waals surface area contributed by atoms with Crippen molar-refractivity contribution in [2.24, 2.45) is 0 Å². The highest BCUT2D eigenvalue weighted by atomic mass is 32.1. The number of esters is 1. The molecule has 2 aliphatic heterocycles. The van der Waals surface area contributed by atoms with Crippen LogP contribution in [-0.4, -0.2) is 53.3 Å². The molecule has 11 heteroatoms. The highest BCUT2D eigenvalue weighted by molar-refractivity contribution is 7.22. The Morgan fingerprint density at radius 1 is 1.04 bits per heavy atom. The third kappa shape index (κ3) is 5.92. The molecule has 2 aromatic carbocycles. The maximum atomic E-state index is 13.6. The fourth-order valence-corrected chi connectivity index (χ4v) is 6.82. The molecule has 240 valence electrons. The lowest BCUT2D eigenvalue weighted by Crippen LogP contribution is -2.45. The number of hydrogen-bond acceptors (Lipinski definition) is 9. The van der Waals surface area contributed by atoms with Crippen LogP contribution in [0.1, 0.15) is 92.9 Å². The van der Waals surface area contributed by atoms with Crippen molar-refractivity contribution in [2.75, 3.05) is 23.4 Å². The summed E-state index contributed by atoms with van der Waals surface area (Å²) in [5.74, 6) is -0.0856. The number of amides is 1. The third-order valence-electron chi connectivity index (χ3n) is 9.17. The summed E-state index contributed by atoms with van der Waals surface area (Å²) in [5, 5.41) is 3.58. The smallest absolute Gasteiger partial charge is 0.461 e. The van der Waals surface area contributed by atoms with Gasteiger partial charge in [0.1, 0.15) is 5.82 Å². The number of anilines is 2. The number of carbonyl (C=O) groups is 2. The van der Waals surface area contributed by atoms with Crippen LogP contribution in [0.15, 0.2) is 48.5 Å². The van der Waals surface area contributed by atoms with Gasteiger partial charge >= 0.3 is 13.1 Å². The fraction of sp³-hybridized carbons (Fsp3) is 0.429. The molecule has 0 aliphatic carbocycles. The first kappa shape index (κ1) is 32.2. The van der Waals surface area contributed by atoms with Gasteiger partial charge in [-0.2, -0.15) is 0 Å². The maximum absolute atomic E-state index is 13.6. The second-order valence-corrected chi connectivity index (χ2v) is 14.9. The van der Waals surface area contributed by atoms with Crippen LogP contribution in [0.4, 0.5) is 10.9 Å². The standard InChI is InChI=1S/C35H41BN4O5S/c1-9-43-31(42)29-28(36-44-34(5,6)35(7,8)45-36)24(33(2,3)4)19-27(38-29)40-18-17-21-13-12-14-22(23(21)20-40)30(41)39-32-37-25-15-10-11-16-26(25)46-32/h10-16,19H,9,17-18,20H2,1-8H3,(H,37,39,41). The van der Waals surface area contributed by atoms with Gasteiger partial charge < -0.3 is 18.9 Å². The fourth-order valence-electron chi connectivity index (χ4n) is 5.96. The average molecular weight is 641 g/mol. The molecule has 0 radical (unpaired) electrons. The van der Waals surface area contributed by atoms with E-state index in [4.69, 9.17) is 19.0 Å². The summed E-state index contributed by atoms with van der Waals surface area (Å²) >= 11 is 1.45. The molecule has 9 nitrogen and oxygen atoms in total. The Morgan fingerprint density at radius 2 is 1.76 bits per heavy atom. The van der Waals surface area contributed by atoms with Crippen LogP contribution in [0.3, 0.4) is 0 Å². The zero-order valence-corrected chi connectivity index (χ0v) is 28.6. The summed E-state index contributed by atoms with van der Waals surface area (Å²) in [6.07, 6.45) is 0.720. The Labute approximate surface area is 274 Å². The molecule has 0 saturated carbocycles. The van der Waals surface area contributed by atoms with Crippen LogP contribution >= 0.6 is 11.3 Å². The van der Waals surface area contributed by atoms with Crippen LogP contribution in [0.2, 0.25) is 0 Å². The molecule has 6 rings (SSSR count). The first-order chi connectivity index (χ1) is 21.7. The number of para-hydroxylation sites is 1. The SMILES string of the molecule is CCOC(=O)c1nc(N2CCc3cccc(C(=O)Nc4nc5ccccc5s4)c3C2)cc(C(C)(C)C)c1B1OC(C)(C)C(C)(C)O1. The Kier molecular flexibility index (Phi) is 8.23. The van der Waals surface area contributed by atoms with Gasteiger partial charge in [0.15, 0.2) is 10.8 Å². The van der Waals surface area contributed by atoms with Gasteiger partial charge in [0.05, 0.1) is 28.0 Å². The van der Waals surface area contributed by atoms with Gasteiger partial charge in [-0.3, -0.25) is 10.1 Å². The summed E-state index contributed by atoms with van der Waals surface area (Å²) < 4.78 is 19.5. The zero-order chi connectivity index (χ0) is 33.0. The van der Waals surface area contributed by atoms with E-state index in [9.17, 15) is 9.59 Å². The first-order valence-electron chi connectivity index (χ1n) is 15.8. The van der Waals surface area contributed by atoms with E-state index in [-0.39, 0.29) is 23.6 Å². The minimum atomic E-state index is -0.792. The average Bonchev–Trinajstić information content (AvgIpc) is 3.50. The number of nitrogens with zero attached hydrogens (tertiary/aromatic N) is 3. The molecular weight excluding hydrogens is 599 g/mol. The van der Waals surface area contributed by atoms with E-state index in [1.807, 2.05) is 70.2 Å². The topological polar surface area (TPSA) is 103 Å². The number of benzene rings is 2. The van der Waals surface area contributed by atoms with Crippen molar-refractivity contribution in [3.05, 3.63) is 76.5 Å². The molecule has 0 bridgehead atoms. The van der Waals surface area contributed by atoms with Gasteiger partial charge in [-0.25, -0.2) is 14.8 Å². The number of thiazole rings is 1. The highest BCUT2D eigenvalue weighted by Gasteiger charge is 2.54. The van der Waals surface area contributed by atoms with Crippen molar-refractivity contribution in [3.63, 3.8) is 0 Å². The largest absolute Gasteiger partial charge is 0.497 e. The molecule has 1 N–H and O–H groups in total. The Balaban J connectivity index is 1.38. The lowest BCUT2D eigenvalue weighted by atomic mass is 9.68. The van der Waals surface area contributed by atoms with E-state index in [2.05, 4.69) is 42.0 Å². The zero-order valence-electron chi connectivity index (χ0n) is 27.8. The number of pyridine rings is 1. The van der Waals surface area contributed by atoms with Gasteiger partial charge in [-0.15, -0.1) is 0 Å². The van der Waals surface area contributed by atoms with Gasteiger partial charge in [0.25, 0.3) is 5.91 Å². The monoisotopic (exact) mass is 640 g/mol. The number of hydrogen-bond donors (Lipinski definition) is 1. The highest BCUT2D eigenvalue weighted by Crippen LogP contribution is 2.39. The van der Waals surface area contributed by atoms with Crippen molar-refractivity contribution in [2.45, 2.75) is 85.0 Å². The molecule has 0 atom stereocenters. The molecule has 4 heterocycles. The molecule has 46 heavy (non-hydrogen) atoms.